The van der Waals surface area contributed by atoms with Crippen LogP contribution in [0.15, 0.2) is 0 Å². The largest absolute Gasteiger partial charge is 0.418 e. The molecular formula is C8H13N3O6S. The fraction of sp³-hybridized carbons (Fsp3) is 0.750. The number of carbonyl (C=O) groups is 2. The molecule has 0 aromatic rings. The van der Waals surface area contributed by atoms with Crippen molar-refractivity contribution in [3.63, 3.8) is 0 Å². The van der Waals surface area contributed by atoms with Gasteiger partial charge in [-0.25, -0.2) is 4.79 Å². The molecule has 2 bridgehead atoms. The topological polar surface area (TPSA) is 130 Å². The van der Waals surface area contributed by atoms with E-state index in [1.165, 1.54) is 4.90 Å². The Hall–Kier alpha value is -1.39. The van der Waals surface area contributed by atoms with Crippen molar-refractivity contribution in [1.82, 2.24) is 9.96 Å². The van der Waals surface area contributed by atoms with E-state index in [1.807, 2.05) is 0 Å². The van der Waals surface area contributed by atoms with Gasteiger partial charge in [0.2, 0.25) is 5.91 Å². The van der Waals surface area contributed by atoms with Crippen molar-refractivity contribution in [1.29, 1.82) is 0 Å². The van der Waals surface area contributed by atoms with E-state index in [-0.39, 0.29) is 19.0 Å². The summed E-state index contributed by atoms with van der Waals surface area (Å²) < 4.78 is 34.1. The Balaban J connectivity index is 2.12. The molecule has 2 aliphatic heterocycles. The summed E-state index contributed by atoms with van der Waals surface area (Å²) in [7, 11) is -4.73. The molecule has 102 valence electrons. The second-order valence-electron chi connectivity index (χ2n) is 4.32. The van der Waals surface area contributed by atoms with Gasteiger partial charge in [0, 0.05) is 19.0 Å². The average Bonchev–Trinajstić information content (AvgIpc) is 2.45. The minimum absolute atomic E-state index is 0.0260. The van der Waals surface area contributed by atoms with Crippen LogP contribution in [0.1, 0.15) is 19.3 Å². The quantitative estimate of drug-likeness (QED) is 0.626. The zero-order valence-corrected chi connectivity index (χ0v) is 10.2. The average molecular weight is 279 g/mol. The third-order valence-electron chi connectivity index (χ3n) is 3.06. The van der Waals surface area contributed by atoms with Crippen molar-refractivity contribution in [2.75, 3.05) is 6.54 Å². The van der Waals surface area contributed by atoms with Gasteiger partial charge < -0.3 is 10.6 Å². The first-order chi connectivity index (χ1) is 8.28. The van der Waals surface area contributed by atoms with Crippen molar-refractivity contribution in [2.45, 2.75) is 31.3 Å². The van der Waals surface area contributed by atoms with Crippen LogP contribution in [0.3, 0.4) is 0 Å². The minimum atomic E-state index is -4.73. The molecule has 0 aliphatic carbocycles. The van der Waals surface area contributed by atoms with Gasteiger partial charge in [-0.05, 0) is 12.8 Å². The molecule has 9 nitrogen and oxygen atoms in total. The van der Waals surface area contributed by atoms with Gasteiger partial charge in [-0.15, -0.1) is 4.28 Å². The standard InChI is InChI=1S/C8H13N3O6S/c9-7(12)3-5-1-2-6-4-10(5)8(13)11(6)17-18(14,15)16/h5-6H,1-4H2,(H2,9,12)(H,14,15,16)/t5-,6+/m0/s1. The molecule has 2 rings (SSSR count). The number of carbonyl (C=O) groups excluding carboxylic acids is 2. The maximum Gasteiger partial charge on any atom is 0.418 e. The first-order valence-electron chi connectivity index (χ1n) is 5.33. The van der Waals surface area contributed by atoms with Crippen LogP contribution in [0.5, 0.6) is 0 Å². The van der Waals surface area contributed by atoms with Crippen LogP contribution in [0.4, 0.5) is 4.79 Å². The molecule has 0 radical (unpaired) electrons. The van der Waals surface area contributed by atoms with Gasteiger partial charge in [-0.2, -0.15) is 13.5 Å². The number of urea groups is 1. The lowest BCUT2D eigenvalue weighted by atomic mass is 9.98. The number of primary amides is 1. The fourth-order valence-corrected chi connectivity index (χ4v) is 2.74. The molecule has 18 heavy (non-hydrogen) atoms. The van der Waals surface area contributed by atoms with Gasteiger partial charge >= 0.3 is 16.4 Å². The number of nitrogens with two attached hydrogens (primary N) is 1. The number of rotatable bonds is 4. The second-order valence-corrected chi connectivity index (χ2v) is 5.32. The van der Waals surface area contributed by atoms with Gasteiger partial charge in [-0.1, -0.05) is 0 Å². The number of hydrogen-bond donors (Lipinski definition) is 2. The van der Waals surface area contributed by atoms with Gasteiger partial charge in [0.15, 0.2) is 0 Å². The molecule has 2 fully saturated rings. The van der Waals surface area contributed by atoms with Crippen molar-refractivity contribution in [2.24, 2.45) is 5.73 Å². The van der Waals surface area contributed by atoms with Gasteiger partial charge in [0.1, 0.15) is 0 Å². The molecular weight excluding hydrogens is 266 g/mol. The van der Waals surface area contributed by atoms with Crippen molar-refractivity contribution in [3.8, 4) is 0 Å². The summed E-state index contributed by atoms with van der Waals surface area (Å²) in [6.07, 6.45) is 1.04. The molecule has 0 saturated carbocycles. The van der Waals surface area contributed by atoms with E-state index in [4.69, 9.17) is 10.3 Å². The highest BCUT2D eigenvalue weighted by atomic mass is 32.3. The molecule has 3 N–H and O–H groups in total. The fourth-order valence-electron chi connectivity index (χ4n) is 2.36. The zero-order valence-electron chi connectivity index (χ0n) is 9.35. The van der Waals surface area contributed by atoms with E-state index in [1.54, 1.807) is 0 Å². The molecule has 0 spiro atoms. The smallest absolute Gasteiger partial charge is 0.370 e. The van der Waals surface area contributed by atoms with Gasteiger partial charge in [0.25, 0.3) is 0 Å². The molecule has 2 heterocycles. The summed E-state index contributed by atoms with van der Waals surface area (Å²) in [6, 6.07) is -1.47. The summed E-state index contributed by atoms with van der Waals surface area (Å²) in [4.78, 5) is 24.1. The summed E-state index contributed by atoms with van der Waals surface area (Å²) in [5.74, 6) is -0.527. The molecule has 0 unspecified atom stereocenters. The lowest BCUT2D eigenvalue weighted by Crippen LogP contribution is -2.42. The minimum Gasteiger partial charge on any atom is -0.370 e. The Morgan fingerprint density at radius 2 is 2.17 bits per heavy atom. The Bertz CT molecular complexity index is 477. The molecule has 0 aromatic carbocycles. The van der Waals surface area contributed by atoms with Crippen LogP contribution < -0.4 is 5.73 Å². The summed E-state index contributed by atoms with van der Waals surface area (Å²) in [6.45, 7) is 0.256. The maximum absolute atomic E-state index is 11.9. The van der Waals surface area contributed by atoms with E-state index in [2.05, 4.69) is 4.28 Å². The number of amides is 3. The normalized spacial score (nSPS) is 27.7. The zero-order chi connectivity index (χ0) is 13.5. The molecule has 10 heteroatoms. The predicted octanol–water partition coefficient (Wildman–Crippen LogP) is -1.14. The van der Waals surface area contributed by atoms with Gasteiger partial charge in [-0.3, -0.25) is 9.35 Å². The second kappa shape index (κ2) is 4.37. The Labute approximate surface area is 103 Å². The monoisotopic (exact) mass is 279 g/mol. The molecule has 2 atom stereocenters. The highest BCUT2D eigenvalue weighted by Crippen LogP contribution is 2.31. The number of hydroxylamine groups is 2. The third kappa shape index (κ3) is 2.54. The number of hydrogen-bond acceptors (Lipinski definition) is 5. The van der Waals surface area contributed by atoms with Crippen molar-refractivity contribution >= 4 is 22.3 Å². The van der Waals surface area contributed by atoms with E-state index in [0.717, 1.165) is 0 Å². The van der Waals surface area contributed by atoms with E-state index < -0.39 is 28.4 Å². The summed E-state index contributed by atoms with van der Waals surface area (Å²) in [5, 5.41) is 0.635. The van der Waals surface area contributed by atoms with E-state index in [9.17, 15) is 18.0 Å². The highest BCUT2D eigenvalue weighted by molar-refractivity contribution is 7.80. The van der Waals surface area contributed by atoms with Crippen LogP contribution in [0.2, 0.25) is 0 Å². The lowest BCUT2D eigenvalue weighted by molar-refractivity contribution is -0.119. The maximum atomic E-state index is 11.9. The van der Waals surface area contributed by atoms with Crippen LogP contribution in [-0.4, -0.2) is 53.5 Å². The van der Waals surface area contributed by atoms with Crippen LogP contribution in [0.25, 0.3) is 0 Å². The molecule has 3 amide bonds. The van der Waals surface area contributed by atoms with Crippen molar-refractivity contribution < 1.29 is 26.8 Å². The van der Waals surface area contributed by atoms with E-state index in [0.29, 0.717) is 17.9 Å². The number of fused-ring (bicyclic) bond motifs is 2. The highest BCUT2D eigenvalue weighted by Gasteiger charge is 2.47. The molecule has 0 aromatic heterocycles. The van der Waals surface area contributed by atoms with Crippen molar-refractivity contribution in [3.05, 3.63) is 0 Å². The SMILES string of the molecule is NC(=O)C[C@@H]1CC[C@@H]2CN1C(=O)N2OS(=O)(=O)O. The first kappa shape index (κ1) is 13.1. The lowest BCUT2D eigenvalue weighted by Gasteiger charge is -2.29. The van der Waals surface area contributed by atoms with Crippen LogP contribution in [0, 0.1) is 0 Å². The van der Waals surface area contributed by atoms with Crippen LogP contribution >= 0.6 is 0 Å². The summed E-state index contributed by atoms with van der Waals surface area (Å²) >= 11 is 0. The summed E-state index contributed by atoms with van der Waals surface area (Å²) in [5.41, 5.74) is 5.08. The number of piperidine rings is 1. The first-order valence-corrected chi connectivity index (χ1v) is 6.69. The third-order valence-corrected chi connectivity index (χ3v) is 3.41. The van der Waals surface area contributed by atoms with Gasteiger partial charge in [0.05, 0.1) is 6.04 Å². The Morgan fingerprint density at radius 3 is 2.72 bits per heavy atom. The molecule has 2 aliphatic rings. The molecule has 2 saturated heterocycles. The Morgan fingerprint density at radius 1 is 1.50 bits per heavy atom. The van der Waals surface area contributed by atoms with E-state index >= 15 is 0 Å². The van der Waals surface area contributed by atoms with Crippen LogP contribution in [-0.2, 0) is 19.5 Å². The Kier molecular flexibility index (Phi) is 3.17. The number of nitrogens with zero attached hydrogens (tertiary/aromatic N) is 2. The predicted molar refractivity (Wildman–Crippen MR) is 57.2 cm³/mol.